The molecule has 1 saturated heterocycles. The molecule has 1 unspecified atom stereocenters. The fraction of sp³-hybridized carbons (Fsp3) is 0.455. The van der Waals surface area contributed by atoms with E-state index < -0.39 is 16.1 Å². The molecule has 0 bridgehead atoms. The fourth-order valence-corrected chi connectivity index (χ4v) is 3.64. The minimum atomic E-state index is -3.60. The Kier molecular flexibility index (Phi) is 3.82. The first kappa shape index (κ1) is 13.6. The van der Waals surface area contributed by atoms with E-state index in [1.165, 1.54) is 22.5 Å². The Balaban J connectivity index is 2.32. The summed E-state index contributed by atoms with van der Waals surface area (Å²) in [5, 5.41) is 9.86. The molecule has 0 saturated carbocycles. The van der Waals surface area contributed by atoms with Gasteiger partial charge in [-0.05, 0) is 31.0 Å². The third-order valence-electron chi connectivity index (χ3n) is 2.96. The van der Waals surface area contributed by atoms with Gasteiger partial charge in [0.05, 0.1) is 21.7 Å². The maximum absolute atomic E-state index is 12.3. The minimum Gasteiger partial charge on any atom is -0.397 e. The number of hydrogen-bond acceptors (Lipinski definition) is 4. The number of halogens is 1. The van der Waals surface area contributed by atoms with Gasteiger partial charge in [-0.1, -0.05) is 11.6 Å². The number of hydrogen-bond donors (Lipinski definition) is 2. The van der Waals surface area contributed by atoms with E-state index in [4.69, 9.17) is 17.3 Å². The van der Waals surface area contributed by atoms with Crippen LogP contribution in [-0.4, -0.2) is 37.0 Å². The second-order valence-corrected chi connectivity index (χ2v) is 6.69. The Hall–Kier alpha value is -0.820. The van der Waals surface area contributed by atoms with Gasteiger partial charge in [0.1, 0.15) is 0 Å². The maximum atomic E-state index is 12.3. The van der Waals surface area contributed by atoms with E-state index in [2.05, 4.69) is 0 Å². The summed E-state index contributed by atoms with van der Waals surface area (Å²) in [6.07, 6.45) is 0.691. The van der Waals surface area contributed by atoms with Gasteiger partial charge in [-0.3, -0.25) is 0 Å². The molecule has 0 aromatic heterocycles. The molecule has 1 aromatic carbocycles. The smallest absolute Gasteiger partial charge is 0.243 e. The van der Waals surface area contributed by atoms with Crippen LogP contribution < -0.4 is 5.73 Å². The molecule has 1 aliphatic heterocycles. The summed E-state index contributed by atoms with van der Waals surface area (Å²) >= 11 is 5.77. The van der Waals surface area contributed by atoms with Gasteiger partial charge >= 0.3 is 0 Å². The van der Waals surface area contributed by atoms with Gasteiger partial charge in [0, 0.05) is 13.1 Å². The van der Waals surface area contributed by atoms with Crippen LogP contribution in [0.4, 0.5) is 5.69 Å². The number of nitrogens with two attached hydrogens (primary N) is 1. The number of nitrogen functional groups attached to an aromatic ring is 1. The van der Waals surface area contributed by atoms with E-state index in [1.807, 2.05) is 0 Å². The zero-order valence-electron chi connectivity index (χ0n) is 9.71. The summed E-state index contributed by atoms with van der Waals surface area (Å²) in [6.45, 7) is 0.548. The maximum Gasteiger partial charge on any atom is 0.243 e. The van der Waals surface area contributed by atoms with Crippen LogP contribution in [0.15, 0.2) is 23.1 Å². The summed E-state index contributed by atoms with van der Waals surface area (Å²) in [4.78, 5) is 0.110. The van der Waals surface area contributed by atoms with Gasteiger partial charge in [-0.15, -0.1) is 0 Å². The Morgan fingerprint density at radius 1 is 1.44 bits per heavy atom. The first-order valence-electron chi connectivity index (χ1n) is 5.64. The van der Waals surface area contributed by atoms with Crippen molar-refractivity contribution in [1.82, 2.24) is 4.31 Å². The van der Waals surface area contributed by atoms with Gasteiger partial charge in [-0.2, -0.15) is 4.31 Å². The summed E-state index contributed by atoms with van der Waals surface area (Å²) in [6, 6.07) is 4.23. The number of aliphatic hydroxyl groups is 1. The van der Waals surface area contributed by atoms with Crippen LogP contribution in [0.2, 0.25) is 5.02 Å². The van der Waals surface area contributed by atoms with Crippen LogP contribution in [0.5, 0.6) is 0 Å². The molecule has 1 heterocycles. The van der Waals surface area contributed by atoms with E-state index >= 15 is 0 Å². The number of nitrogens with zero attached hydrogens (tertiary/aromatic N) is 1. The molecule has 3 N–H and O–H groups in total. The zero-order chi connectivity index (χ0) is 13.3. The molecule has 1 aromatic rings. The highest BCUT2D eigenvalue weighted by atomic mass is 35.5. The van der Waals surface area contributed by atoms with Gasteiger partial charge in [0.25, 0.3) is 0 Å². The number of rotatable bonds is 2. The Morgan fingerprint density at radius 2 is 2.17 bits per heavy atom. The summed E-state index contributed by atoms with van der Waals surface area (Å²) < 4.78 is 25.9. The third-order valence-corrected chi connectivity index (χ3v) is 5.17. The second-order valence-electron chi connectivity index (χ2n) is 4.34. The highest BCUT2D eigenvalue weighted by molar-refractivity contribution is 7.89. The predicted octanol–water partition coefficient (Wildman–Crippen LogP) is 1.07. The van der Waals surface area contributed by atoms with Crippen LogP contribution in [0.3, 0.4) is 0 Å². The first-order chi connectivity index (χ1) is 8.41. The zero-order valence-corrected chi connectivity index (χ0v) is 11.3. The Labute approximate surface area is 111 Å². The molecular formula is C11H15ClN2O3S. The number of sulfonamides is 1. The average molecular weight is 291 g/mol. The van der Waals surface area contributed by atoms with Crippen LogP contribution in [0, 0.1) is 0 Å². The molecule has 2 rings (SSSR count). The number of anilines is 1. The molecule has 0 amide bonds. The average Bonchev–Trinajstić information content (AvgIpc) is 2.32. The molecule has 5 nitrogen and oxygen atoms in total. The lowest BCUT2D eigenvalue weighted by molar-refractivity contribution is 0.108. The van der Waals surface area contributed by atoms with Gasteiger partial charge in [0.2, 0.25) is 10.0 Å². The van der Waals surface area contributed by atoms with Crippen molar-refractivity contribution in [1.29, 1.82) is 0 Å². The topological polar surface area (TPSA) is 83.6 Å². The molecule has 1 atom stereocenters. The fourth-order valence-electron chi connectivity index (χ4n) is 1.97. The highest BCUT2D eigenvalue weighted by Gasteiger charge is 2.29. The van der Waals surface area contributed by atoms with Crippen molar-refractivity contribution in [2.75, 3.05) is 18.8 Å². The van der Waals surface area contributed by atoms with E-state index in [9.17, 15) is 13.5 Å². The molecule has 18 heavy (non-hydrogen) atoms. The molecule has 0 radical (unpaired) electrons. The van der Waals surface area contributed by atoms with E-state index in [0.717, 1.165) is 0 Å². The van der Waals surface area contributed by atoms with Gasteiger partial charge < -0.3 is 10.8 Å². The molecule has 1 fully saturated rings. The van der Waals surface area contributed by atoms with Crippen molar-refractivity contribution in [3.8, 4) is 0 Å². The Morgan fingerprint density at radius 3 is 2.78 bits per heavy atom. The quantitative estimate of drug-likeness (QED) is 0.798. The normalized spacial score (nSPS) is 22.0. The molecule has 0 aliphatic carbocycles. The van der Waals surface area contributed by atoms with Crippen molar-refractivity contribution >= 4 is 27.3 Å². The lowest BCUT2D eigenvalue weighted by atomic mass is 10.1. The lowest BCUT2D eigenvalue weighted by Crippen LogP contribution is -2.42. The summed E-state index contributed by atoms with van der Waals surface area (Å²) in [7, 11) is -3.60. The molecule has 0 spiro atoms. The summed E-state index contributed by atoms with van der Waals surface area (Å²) in [5.74, 6) is 0. The number of aliphatic hydroxyl groups excluding tert-OH is 1. The molecular weight excluding hydrogens is 276 g/mol. The highest BCUT2D eigenvalue weighted by Crippen LogP contribution is 2.26. The third kappa shape index (κ3) is 2.61. The van der Waals surface area contributed by atoms with Gasteiger partial charge in [-0.25, -0.2) is 8.42 Å². The van der Waals surface area contributed by atoms with Crippen molar-refractivity contribution < 1.29 is 13.5 Å². The first-order valence-corrected chi connectivity index (χ1v) is 7.46. The second kappa shape index (κ2) is 5.05. The van der Waals surface area contributed by atoms with Gasteiger partial charge in [0.15, 0.2) is 0 Å². The van der Waals surface area contributed by atoms with E-state index in [0.29, 0.717) is 24.4 Å². The monoisotopic (exact) mass is 290 g/mol. The minimum absolute atomic E-state index is 0.110. The molecule has 100 valence electrons. The van der Waals surface area contributed by atoms with Crippen LogP contribution in [-0.2, 0) is 10.0 Å². The number of β-amino-alcohol motifs (C(OH)–C–C–N with tert-alkyl or cyclic N) is 1. The van der Waals surface area contributed by atoms with Crippen molar-refractivity contribution in [2.45, 2.75) is 23.8 Å². The predicted molar refractivity (Wildman–Crippen MR) is 69.9 cm³/mol. The number of piperidine rings is 1. The summed E-state index contributed by atoms with van der Waals surface area (Å²) in [5.41, 5.74) is 5.84. The van der Waals surface area contributed by atoms with Crippen molar-refractivity contribution in [3.63, 3.8) is 0 Å². The molecule has 1 aliphatic rings. The lowest BCUT2D eigenvalue weighted by Gasteiger charge is -2.29. The number of benzene rings is 1. The Bertz CT molecular complexity index is 547. The van der Waals surface area contributed by atoms with Crippen LogP contribution >= 0.6 is 11.6 Å². The van der Waals surface area contributed by atoms with Crippen LogP contribution in [0.1, 0.15) is 12.8 Å². The van der Waals surface area contributed by atoms with E-state index in [-0.39, 0.29) is 17.1 Å². The van der Waals surface area contributed by atoms with Crippen molar-refractivity contribution in [3.05, 3.63) is 23.2 Å². The standard InChI is InChI=1S/C11H15ClN2O3S/c12-10-4-3-9(6-11(10)13)18(16,17)14-5-1-2-8(15)7-14/h3-4,6,8,15H,1-2,5,7,13H2. The SMILES string of the molecule is Nc1cc(S(=O)(=O)N2CCCC(O)C2)ccc1Cl. The van der Waals surface area contributed by atoms with Crippen LogP contribution in [0.25, 0.3) is 0 Å². The molecule has 7 heteroatoms. The largest absolute Gasteiger partial charge is 0.397 e. The van der Waals surface area contributed by atoms with E-state index in [1.54, 1.807) is 0 Å². The van der Waals surface area contributed by atoms with Crippen molar-refractivity contribution in [2.24, 2.45) is 0 Å².